The van der Waals surface area contributed by atoms with Crippen molar-refractivity contribution >= 4 is 32.4 Å². The van der Waals surface area contributed by atoms with Gasteiger partial charge in [-0.1, -0.05) is 15.9 Å². The highest BCUT2D eigenvalue weighted by Gasteiger charge is 2.24. The molecule has 0 spiro atoms. The number of hydrogen-bond acceptors (Lipinski definition) is 3. The van der Waals surface area contributed by atoms with Crippen molar-refractivity contribution in [2.24, 2.45) is 0 Å². The van der Waals surface area contributed by atoms with Gasteiger partial charge in [0.25, 0.3) is 0 Å². The molecule has 0 bridgehead atoms. The van der Waals surface area contributed by atoms with Gasteiger partial charge in [0.15, 0.2) is 0 Å². The van der Waals surface area contributed by atoms with Crippen molar-refractivity contribution < 1.29 is 8.95 Å². The molecule has 2 rings (SSSR count). The van der Waals surface area contributed by atoms with Gasteiger partial charge >= 0.3 is 0 Å². The Morgan fingerprint density at radius 3 is 2.94 bits per heavy atom. The Balaban J connectivity index is 2.06. The molecule has 0 radical (unpaired) electrons. The summed E-state index contributed by atoms with van der Waals surface area (Å²) in [6.45, 7) is 2.05. The molecule has 17 heavy (non-hydrogen) atoms. The van der Waals surface area contributed by atoms with Crippen molar-refractivity contribution in [3.63, 3.8) is 0 Å². The van der Waals surface area contributed by atoms with E-state index in [-0.39, 0.29) is 12.2 Å². The lowest BCUT2D eigenvalue weighted by Crippen LogP contribution is -2.17. The predicted octanol–water partition coefficient (Wildman–Crippen LogP) is 2.71. The second kappa shape index (κ2) is 5.50. The van der Waals surface area contributed by atoms with E-state index in [2.05, 4.69) is 22.9 Å². The Morgan fingerprint density at radius 1 is 1.53 bits per heavy atom. The van der Waals surface area contributed by atoms with Crippen molar-refractivity contribution in [1.82, 2.24) is 0 Å². The van der Waals surface area contributed by atoms with Crippen LogP contribution in [0.1, 0.15) is 19.8 Å². The first-order valence-corrected chi connectivity index (χ1v) is 7.76. The molecule has 1 saturated heterocycles. The minimum Gasteiger partial charge on any atom is -0.398 e. The number of hydrogen-bond donors (Lipinski definition) is 1. The molecular weight excluding hydrogens is 302 g/mol. The van der Waals surface area contributed by atoms with Gasteiger partial charge in [0, 0.05) is 10.2 Å². The third kappa shape index (κ3) is 3.30. The fourth-order valence-electron chi connectivity index (χ4n) is 1.97. The fraction of sp³-hybridized carbons (Fsp3) is 0.500. The number of nitrogen functional groups attached to an aromatic ring is 1. The Labute approximate surface area is 112 Å². The highest BCUT2D eigenvalue weighted by molar-refractivity contribution is 9.10. The largest absolute Gasteiger partial charge is 0.398 e. The smallest absolute Gasteiger partial charge is 0.0698 e. The first kappa shape index (κ1) is 13.1. The van der Waals surface area contributed by atoms with E-state index in [1.54, 1.807) is 6.07 Å². The topological polar surface area (TPSA) is 52.3 Å². The van der Waals surface area contributed by atoms with Crippen LogP contribution in [0.3, 0.4) is 0 Å². The van der Waals surface area contributed by atoms with Gasteiger partial charge in [-0.25, -0.2) is 0 Å². The van der Waals surface area contributed by atoms with Gasteiger partial charge in [-0.15, -0.1) is 0 Å². The Kier molecular flexibility index (Phi) is 4.22. The number of nitrogens with two attached hydrogens (primary N) is 1. The average Bonchev–Trinajstić information content (AvgIpc) is 2.67. The quantitative estimate of drug-likeness (QED) is 0.872. The van der Waals surface area contributed by atoms with Crippen LogP contribution in [0.25, 0.3) is 0 Å². The van der Waals surface area contributed by atoms with Crippen LogP contribution in [-0.4, -0.2) is 22.2 Å². The highest BCUT2D eigenvalue weighted by Crippen LogP contribution is 2.25. The van der Waals surface area contributed by atoms with Gasteiger partial charge in [0.1, 0.15) is 0 Å². The van der Waals surface area contributed by atoms with Crippen LogP contribution < -0.4 is 5.73 Å². The number of benzene rings is 1. The summed E-state index contributed by atoms with van der Waals surface area (Å²) >= 11 is 3.37. The highest BCUT2D eigenvalue weighted by atomic mass is 79.9. The summed E-state index contributed by atoms with van der Waals surface area (Å²) in [5.41, 5.74) is 6.42. The maximum atomic E-state index is 12.2. The van der Waals surface area contributed by atoms with Crippen LogP contribution in [0.2, 0.25) is 0 Å². The van der Waals surface area contributed by atoms with Crippen molar-refractivity contribution in [3.8, 4) is 0 Å². The molecule has 3 unspecified atom stereocenters. The van der Waals surface area contributed by atoms with E-state index >= 15 is 0 Å². The van der Waals surface area contributed by atoms with E-state index in [1.807, 2.05) is 12.1 Å². The minimum atomic E-state index is -1.09. The Morgan fingerprint density at radius 2 is 2.29 bits per heavy atom. The van der Waals surface area contributed by atoms with Gasteiger partial charge < -0.3 is 10.5 Å². The summed E-state index contributed by atoms with van der Waals surface area (Å²) < 4.78 is 18.8. The molecule has 1 fully saturated rings. The lowest BCUT2D eigenvalue weighted by molar-refractivity contribution is 0.0695. The van der Waals surface area contributed by atoms with Crippen LogP contribution in [0.4, 0.5) is 5.69 Å². The number of halogens is 1. The molecule has 94 valence electrons. The maximum absolute atomic E-state index is 12.2. The molecule has 1 aromatic rings. The molecule has 1 aliphatic heterocycles. The van der Waals surface area contributed by atoms with E-state index < -0.39 is 10.8 Å². The van der Waals surface area contributed by atoms with Gasteiger partial charge in [-0.05, 0) is 38.0 Å². The first-order valence-electron chi connectivity index (χ1n) is 5.65. The molecule has 0 saturated carbocycles. The van der Waals surface area contributed by atoms with Gasteiger partial charge in [0.05, 0.1) is 33.7 Å². The van der Waals surface area contributed by atoms with Crippen LogP contribution in [0.15, 0.2) is 27.6 Å². The number of ether oxygens (including phenoxy) is 1. The summed E-state index contributed by atoms with van der Waals surface area (Å²) in [7, 11) is -1.09. The lowest BCUT2D eigenvalue weighted by atomic mass is 10.2. The Bertz CT molecular complexity index is 439. The van der Waals surface area contributed by atoms with Crippen LogP contribution in [0.5, 0.6) is 0 Å². The zero-order valence-electron chi connectivity index (χ0n) is 9.69. The van der Waals surface area contributed by atoms with Gasteiger partial charge in [-0.2, -0.15) is 0 Å². The summed E-state index contributed by atoms with van der Waals surface area (Å²) in [6, 6.07) is 5.45. The normalized spacial score (nSPS) is 26.0. The van der Waals surface area contributed by atoms with Crippen LogP contribution in [0, 0.1) is 0 Å². The number of anilines is 1. The summed E-state index contributed by atoms with van der Waals surface area (Å²) in [4.78, 5) is 0.697. The minimum absolute atomic E-state index is 0.101. The predicted molar refractivity (Wildman–Crippen MR) is 73.4 cm³/mol. The first-order chi connectivity index (χ1) is 8.06. The second-order valence-corrected chi connectivity index (χ2v) is 6.72. The molecule has 3 nitrogen and oxygen atoms in total. The zero-order valence-corrected chi connectivity index (χ0v) is 12.1. The molecule has 0 aliphatic carbocycles. The zero-order chi connectivity index (χ0) is 12.4. The van der Waals surface area contributed by atoms with E-state index in [0.29, 0.717) is 16.3 Å². The third-order valence-corrected chi connectivity index (χ3v) is 4.89. The van der Waals surface area contributed by atoms with Crippen molar-refractivity contribution in [1.29, 1.82) is 0 Å². The third-order valence-electron chi connectivity index (χ3n) is 2.88. The second-order valence-electron chi connectivity index (χ2n) is 4.34. The lowest BCUT2D eigenvalue weighted by Gasteiger charge is -2.12. The fourth-order valence-corrected chi connectivity index (χ4v) is 3.84. The molecule has 0 aromatic heterocycles. The molecule has 2 N–H and O–H groups in total. The van der Waals surface area contributed by atoms with Gasteiger partial charge in [0.2, 0.25) is 0 Å². The average molecular weight is 318 g/mol. The molecule has 3 atom stereocenters. The standard InChI is InChI=1S/C12H16BrNO2S/c1-8-2-4-10(16-8)7-17(15)12-6-9(13)3-5-11(12)14/h3,5-6,8,10H,2,4,7,14H2,1H3. The van der Waals surface area contributed by atoms with E-state index in [0.717, 1.165) is 17.3 Å². The summed E-state index contributed by atoms with van der Waals surface area (Å²) in [6.07, 6.45) is 2.43. The Hall–Kier alpha value is -0.390. The van der Waals surface area contributed by atoms with E-state index in [9.17, 15) is 4.21 Å². The molecule has 1 aliphatic rings. The van der Waals surface area contributed by atoms with E-state index in [4.69, 9.17) is 10.5 Å². The monoisotopic (exact) mass is 317 g/mol. The molecule has 5 heteroatoms. The molecule has 1 heterocycles. The van der Waals surface area contributed by atoms with Gasteiger partial charge in [-0.3, -0.25) is 4.21 Å². The molecule has 1 aromatic carbocycles. The maximum Gasteiger partial charge on any atom is 0.0698 e. The molecule has 0 amide bonds. The SMILES string of the molecule is CC1CCC(CS(=O)c2cc(Br)ccc2N)O1. The van der Waals surface area contributed by atoms with Crippen molar-refractivity contribution in [2.45, 2.75) is 36.9 Å². The van der Waals surface area contributed by atoms with Crippen molar-refractivity contribution in [3.05, 3.63) is 22.7 Å². The summed E-state index contributed by atoms with van der Waals surface area (Å²) in [5, 5.41) is 0. The van der Waals surface area contributed by atoms with Crippen LogP contribution in [-0.2, 0) is 15.5 Å². The van der Waals surface area contributed by atoms with E-state index in [1.165, 1.54) is 0 Å². The van der Waals surface area contributed by atoms with Crippen LogP contribution >= 0.6 is 15.9 Å². The van der Waals surface area contributed by atoms with Crippen molar-refractivity contribution in [2.75, 3.05) is 11.5 Å². The molecular formula is C12H16BrNO2S. The summed E-state index contributed by atoms with van der Waals surface area (Å²) in [5.74, 6) is 0.533. The number of rotatable bonds is 3.